The molecule has 26 heavy (non-hydrogen) atoms. The Morgan fingerprint density at radius 2 is 2.12 bits per heavy atom. The molecule has 0 spiro atoms. The van der Waals surface area contributed by atoms with Gasteiger partial charge in [-0.05, 0) is 30.5 Å². The fraction of sp³-hybridized carbons (Fsp3) is 0.333. The number of nitrogens with zero attached hydrogens (tertiary/aromatic N) is 4. The molecule has 0 radical (unpaired) electrons. The molecule has 0 bridgehead atoms. The average molecular weight is 371 g/mol. The number of halogens is 1. The second kappa shape index (κ2) is 6.92. The van der Waals surface area contributed by atoms with E-state index in [9.17, 15) is 4.79 Å². The number of aryl methyl sites for hydroxylation is 1. The molecule has 3 heterocycles. The van der Waals surface area contributed by atoms with Gasteiger partial charge in [-0.2, -0.15) is 0 Å². The molecule has 2 aromatic heterocycles. The number of benzene rings is 1. The maximum Gasteiger partial charge on any atom is 0.271 e. The van der Waals surface area contributed by atoms with Gasteiger partial charge in [-0.1, -0.05) is 30.7 Å². The predicted octanol–water partition coefficient (Wildman–Crippen LogP) is 2.80. The summed E-state index contributed by atoms with van der Waals surface area (Å²) in [4.78, 5) is 20.3. The van der Waals surface area contributed by atoms with E-state index in [-0.39, 0.29) is 11.8 Å². The number of amides is 1. The van der Waals surface area contributed by atoms with Crippen molar-refractivity contribution in [3.05, 3.63) is 52.6 Å². The van der Waals surface area contributed by atoms with Gasteiger partial charge in [-0.15, -0.1) is 10.2 Å². The van der Waals surface area contributed by atoms with Crippen LogP contribution in [-0.2, 0) is 13.0 Å². The highest BCUT2D eigenvalue weighted by atomic mass is 35.5. The molecule has 1 atom stereocenters. The van der Waals surface area contributed by atoms with Crippen LogP contribution < -0.4 is 5.32 Å². The fourth-order valence-electron chi connectivity index (χ4n) is 3.28. The average Bonchev–Trinajstić information content (AvgIpc) is 3.23. The Labute approximate surface area is 155 Å². The van der Waals surface area contributed by atoms with Gasteiger partial charge in [-0.25, -0.2) is 4.98 Å². The van der Waals surface area contributed by atoms with E-state index in [0.29, 0.717) is 35.3 Å². The van der Waals surface area contributed by atoms with Crippen molar-refractivity contribution >= 4 is 17.5 Å². The number of aromatic nitrogens is 5. The summed E-state index contributed by atoms with van der Waals surface area (Å²) < 4.78 is 1.94. The van der Waals surface area contributed by atoms with Crippen molar-refractivity contribution in [2.75, 3.05) is 6.54 Å². The van der Waals surface area contributed by atoms with Crippen LogP contribution in [0.1, 0.15) is 41.0 Å². The van der Waals surface area contributed by atoms with Crippen molar-refractivity contribution in [1.29, 1.82) is 0 Å². The number of carbonyl (C=O) groups is 1. The van der Waals surface area contributed by atoms with E-state index in [1.165, 1.54) is 0 Å². The highest BCUT2D eigenvalue weighted by molar-refractivity contribution is 6.30. The Morgan fingerprint density at radius 3 is 2.88 bits per heavy atom. The maximum absolute atomic E-state index is 12.5. The zero-order valence-electron chi connectivity index (χ0n) is 14.4. The van der Waals surface area contributed by atoms with Gasteiger partial charge in [0, 0.05) is 29.7 Å². The van der Waals surface area contributed by atoms with E-state index in [4.69, 9.17) is 11.6 Å². The monoisotopic (exact) mass is 370 g/mol. The topological polar surface area (TPSA) is 88.5 Å². The molecule has 0 saturated heterocycles. The third-order valence-corrected chi connectivity index (χ3v) is 4.84. The predicted molar refractivity (Wildman–Crippen MR) is 98.1 cm³/mol. The largest absolute Gasteiger partial charge is 0.350 e. The standard InChI is InChI=1S/C18H19ClN6O/c1-2-7-25-10-21-24-17(25)16-22-14-8-12(9-20-18(26)15(14)23-16)11-3-5-13(19)6-4-11/h3-6,10,12H,2,7-9H2,1H3,(H,20,26)(H,22,23)/t12-/m0/s1. The Balaban J connectivity index is 1.68. The molecule has 1 amide bonds. The summed E-state index contributed by atoms with van der Waals surface area (Å²) in [6.07, 6.45) is 3.33. The zero-order chi connectivity index (χ0) is 18.1. The van der Waals surface area contributed by atoms with Crippen molar-refractivity contribution in [2.45, 2.75) is 32.2 Å². The van der Waals surface area contributed by atoms with Gasteiger partial charge in [0.05, 0.1) is 0 Å². The zero-order valence-corrected chi connectivity index (χ0v) is 15.1. The molecular formula is C18H19ClN6O. The molecule has 7 nitrogen and oxygen atoms in total. The minimum atomic E-state index is -0.166. The SMILES string of the molecule is CCCn1cnnc1-c1nc2c([nH]1)C[C@H](c1ccc(Cl)cc1)CNC2=O. The van der Waals surface area contributed by atoms with Crippen LogP contribution in [0.25, 0.3) is 11.6 Å². The lowest BCUT2D eigenvalue weighted by molar-refractivity contribution is 0.0950. The summed E-state index contributed by atoms with van der Waals surface area (Å²) in [5, 5.41) is 11.8. The van der Waals surface area contributed by atoms with E-state index in [1.54, 1.807) is 6.33 Å². The Hall–Kier alpha value is -2.67. The second-order valence-corrected chi connectivity index (χ2v) is 6.86. The molecule has 1 aromatic carbocycles. The number of rotatable bonds is 4. The Morgan fingerprint density at radius 1 is 1.31 bits per heavy atom. The Bertz CT molecular complexity index is 930. The van der Waals surface area contributed by atoms with Crippen LogP contribution in [0.2, 0.25) is 5.02 Å². The fourth-order valence-corrected chi connectivity index (χ4v) is 3.41. The van der Waals surface area contributed by atoms with Crippen LogP contribution >= 0.6 is 11.6 Å². The molecule has 1 aliphatic rings. The van der Waals surface area contributed by atoms with Gasteiger partial charge >= 0.3 is 0 Å². The molecule has 0 unspecified atom stereocenters. The molecule has 0 aliphatic carbocycles. The van der Waals surface area contributed by atoms with Gasteiger partial charge in [-0.3, -0.25) is 4.79 Å². The summed E-state index contributed by atoms with van der Waals surface area (Å²) in [5.74, 6) is 1.21. The third-order valence-electron chi connectivity index (χ3n) is 4.59. The van der Waals surface area contributed by atoms with Crippen molar-refractivity contribution in [3.8, 4) is 11.6 Å². The molecular weight excluding hydrogens is 352 g/mol. The van der Waals surface area contributed by atoms with Crippen molar-refractivity contribution in [1.82, 2.24) is 30.0 Å². The molecule has 1 aliphatic heterocycles. The second-order valence-electron chi connectivity index (χ2n) is 6.42. The van der Waals surface area contributed by atoms with Crippen molar-refractivity contribution in [2.24, 2.45) is 0 Å². The van der Waals surface area contributed by atoms with E-state index in [2.05, 4.69) is 32.4 Å². The van der Waals surface area contributed by atoms with Gasteiger partial charge in [0.2, 0.25) is 0 Å². The summed E-state index contributed by atoms with van der Waals surface area (Å²) >= 11 is 5.99. The van der Waals surface area contributed by atoms with Gasteiger partial charge in [0.1, 0.15) is 12.0 Å². The lowest BCUT2D eigenvalue weighted by atomic mass is 9.94. The van der Waals surface area contributed by atoms with Crippen molar-refractivity contribution < 1.29 is 4.79 Å². The highest BCUT2D eigenvalue weighted by Gasteiger charge is 2.27. The molecule has 0 fully saturated rings. The number of hydrogen-bond acceptors (Lipinski definition) is 4. The summed E-state index contributed by atoms with van der Waals surface area (Å²) in [5.41, 5.74) is 2.39. The number of nitrogens with one attached hydrogen (secondary N) is 2. The lowest BCUT2D eigenvalue weighted by Crippen LogP contribution is -2.26. The van der Waals surface area contributed by atoms with Gasteiger partial charge < -0.3 is 14.9 Å². The van der Waals surface area contributed by atoms with Gasteiger partial charge in [0.25, 0.3) is 5.91 Å². The van der Waals surface area contributed by atoms with Crippen LogP contribution in [0.4, 0.5) is 0 Å². The molecule has 2 N–H and O–H groups in total. The molecule has 0 saturated carbocycles. The lowest BCUT2D eigenvalue weighted by Gasteiger charge is -2.14. The van der Waals surface area contributed by atoms with E-state index in [1.807, 2.05) is 28.8 Å². The first-order valence-corrected chi connectivity index (χ1v) is 9.04. The molecule has 8 heteroatoms. The van der Waals surface area contributed by atoms with Gasteiger partial charge in [0.15, 0.2) is 11.6 Å². The molecule has 4 rings (SSSR count). The first-order valence-electron chi connectivity index (χ1n) is 8.66. The summed E-state index contributed by atoms with van der Waals surface area (Å²) in [6.45, 7) is 3.45. The first kappa shape index (κ1) is 16.8. The number of imidazole rings is 1. The minimum Gasteiger partial charge on any atom is -0.350 e. The number of aromatic amines is 1. The number of H-pyrrole nitrogens is 1. The highest BCUT2D eigenvalue weighted by Crippen LogP contribution is 2.27. The van der Waals surface area contributed by atoms with E-state index < -0.39 is 0 Å². The molecule has 134 valence electrons. The van der Waals surface area contributed by atoms with E-state index in [0.717, 1.165) is 24.2 Å². The smallest absolute Gasteiger partial charge is 0.271 e. The first-order chi connectivity index (χ1) is 12.7. The minimum absolute atomic E-state index is 0.152. The van der Waals surface area contributed by atoms with Crippen LogP contribution in [0.15, 0.2) is 30.6 Å². The summed E-state index contributed by atoms with van der Waals surface area (Å²) in [7, 11) is 0. The Kier molecular flexibility index (Phi) is 4.46. The quantitative estimate of drug-likeness (QED) is 0.739. The van der Waals surface area contributed by atoms with E-state index >= 15 is 0 Å². The summed E-state index contributed by atoms with van der Waals surface area (Å²) in [6, 6.07) is 7.74. The third kappa shape index (κ3) is 3.10. The van der Waals surface area contributed by atoms with Crippen LogP contribution in [0.5, 0.6) is 0 Å². The number of fused-ring (bicyclic) bond motifs is 1. The maximum atomic E-state index is 12.5. The number of hydrogen-bond donors (Lipinski definition) is 2. The normalized spacial score (nSPS) is 16.8. The van der Waals surface area contributed by atoms with Crippen molar-refractivity contribution in [3.63, 3.8) is 0 Å². The van der Waals surface area contributed by atoms with Crippen LogP contribution in [0.3, 0.4) is 0 Å². The van der Waals surface area contributed by atoms with Crippen LogP contribution in [-0.4, -0.2) is 37.2 Å². The number of carbonyl (C=O) groups excluding carboxylic acids is 1. The molecule has 3 aromatic rings. The van der Waals surface area contributed by atoms with Crippen LogP contribution in [0, 0.1) is 0 Å².